The number of hydrogen-bond acceptors (Lipinski definition) is 3. The number of fused-ring (bicyclic) bond motifs is 1. The van der Waals surface area contributed by atoms with E-state index in [0.717, 1.165) is 21.9 Å². The predicted octanol–water partition coefficient (Wildman–Crippen LogP) is 5.27. The van der Waals surface area contributed by atoms with Gasteiger partial charge in [-0.05, 0) is 46.5 Å². The minimum absolute atomic E-state index is 0.114. The molecule has 5 heteroatoms. The monoisotopic (exact) mass is 410 g/mol. The Labute approximate surface area is 180 Å². The molecule has 1 atom stereocenters. The number of carboxylic acids is 1. The molecule has 4 aromatic rings. The van der Waals surface area contributed by atoms with Gasteiger partial charge in [-0.3, -0.25) is 9.78 Å². The van der Waals surface area contributed by atoms with E-state index < -0.39 is 5.97 Å². The van der Waals surface area contributed by atoms with Crippen LogP contribution in [0.1, 0.15) is 39.9 Å². The molecule has 3 aromatic carbocycles. The number of aromatic nitrogens is 1. The first-order valence-corrected chi connectivity index (χ1v) is 10.1. The quantitative estimate of drug-likeness (QED) is 0.454. The predicted molar refractivity (Wildman–Crippen MR) is 121 cm³/mol. The van der Waals surface area contributed by atoms with E-state index >= 15 is 0 Å². The first-order valence-electron chi connectivity index (χ1n) is 10.1. The standard InChI is InChI=1S/C26H22N2O3/c1-17(21-11-6-9-18-7-2-4-10-22(18)21)25(29)28-24-12-5-3-8-20(24)15-19-13-14-27-16-23(19)26(30)31/h2-14,16-17H,15H2,1H3,(H,28,29)(H,30,31). The largest absolute Gasteiger partial charge is 0.478 e. The van der Waals surface area contributed by atoms with E-state index in [1.807, 2.05) is 73.7 Å². The van der Waals surface area contributed by atoms with Crippen molar-refractivity contribution in [3.8, 4) is 0 Å². The number of hydrogen-bond donors (Lipinski definition) is 2. The number of amides is 1. The van der Waals surface area contributed by atoms with Gasteiger partial charge in [0.2, 0.25) is 5.91 Å². The van der Waals surface area contributed by atoms with Crippen LogP contribution in [-0.4, -0.2) is 22.0 Å². The lowest BCUT2D eigenvalue weighted by atomic mass is 9.94. The van der Waals surface area contributed by atoms with Crippen molar-refractivity contribution in [1.29, 1.82) is 0 Å². The maximum absolute atomic E-state index is 13.1. The van der Waals surface area contributed by atoms with Gasteiger partial charge in [-0.15, -0.1) is 0 Å². The maximum Gasteiger partial charge on any atom is 0.337 e. The molecule has 0 bridgehead atoms. The second kappa shape index (κ2) is 8.79. The lowest BCUT2D eigenvalue weighted by molar-refractivity contribution is -0.117. The van der Waals surface area contributed by atoms with Gasteiger partial charge < -0.3 is 10.4 Å². The first kappa shape index (κ1) is 20.3. The average molecular weight is 410 g/mol. The second-order valence-electron chi connectivity index (χ2n) is 7.45. The van der Waals surface area contributed by atoms with E-state index in [0.29, 0.717) is 17.7 Å². The van der Waals surface area contributed by atoms with Crippen LogP contribution in [0.15, 0.2) is 85.2 Å². The third-order valence-electron chi connectivity index (χ3n) is 5.48. The maximum atomic E-state index is 13.1. The molecule has 1 unspecified atom stereocenters. The highest BCUT2D eigenvalue weighted by Gasteiger charge is 2.19. The molecule has 1 heterocycles. The number of pyridine rings is 1. The van der Waals surface area contributed by atoms with Crippen molar-refractivity contribution in [3.05, 3.63) is 107 Å². The Hall–Kier alpha value is -3.99. The van der Waals surface area contributed by atoms with Gasteiger partial charge in [0, 0.05) is 24.5 Å². The zero-order chi connectivity index (χ0) is 21.8. The number of carboxylic acid groups (broad SMARTS) is 1. The Morgan fingerprint density at radius 1 is 0.935 bits per heavy atom. The Kier molecular flexibility index (Phi) is 5.76. The molecule has 31 heavy (non-hydrogen) atoms. The summed E-state index contributed by atoms with van der Waals surface area (Å²) in [7, 11) is 0. The van der Waals surface area contributed by atoms with Crippen molar-refractivity contribution in [2.75, 3.05) is 5.32 Å². The SMILES string of the molecule is CC(C(=O)Nc1ccccc1Cc1ccncc1C(=O)O)c1cccc2ccccc12. The van der Waals surface area contributed by atoms with Crippen molar-refractivity contribution in [2.45, 2.75) is 19.3 Å². The number of nitrogens with one attached hydrogen (secondary N) is 1. The lowest BCUT2D eigenvalue weighted by Gasteiger charge is -2.17. The molecule has 1 amide bonds. The molecule has 0 aliphatic carbocycles. The van der Waals surface area contributed by atoms with Gasteiger partial charge in [0.25, 0.3) is 0 Å². The summed E-state index contributed by atoms with van der Waals surface area (Å²) < 4.78 is 0. The number of anilines is 1. The Bertz CT molecular complexity index is 1260. The van der Waals surface area contributed by atoms with Crippen LogP contribution in [0.2, 0.25) is 0 Å². The van der Waals surface area contributed by atoms with E-state index in [1.165, 1.54) is 6.20 Å². The molecule has 0 spiro atoms. The first-order chi connectivity index (χ1) is 15.0. The van der Waals surface area contributed by atoms with E-state index in [2.05, 4.69) is 10.3 Å². The number of rotatable bonds is 6. The fourth-order valence-corrected chi connectivity index (χ4v) is 3.78. The molecule has 0 aliphatic heterocycles. The van der Waals surface area contributed by atoms with Crippen LogP contribution < -0.4 is 5.32 Å². The van der Waals surface area contributed by atoms with E-state index in [9.17, 15) is 14.7 Å². The molecule has 0 aliphatic rings. The van der Waals surface area contributed by atoms with Gasteiger partial charge in [0.15, 0.2) is 0 Å². The van der Waals surface area contributed by atoms with Gasteiger partial charge in [-0.25, -0.2) is 4.79 Å². The zero-order valence-corrected chi connectivity index (χ0v) is 17.1. The molecule has 0 saturated heterocycles. The fourth-order valence-electron chi connectivity index (χ4n) is 3.78. The van der Waals surface area contributed by atoms with Crippen LogP contribution in [0.3, 0.4) is 0 Å². The smallest absolute Gasteiger partial charge is 0.337 e. The molecule has 2 N–H and O–H groups in total. The molecular formula is C26H22N2O3. The molecule has 5 nitrogen and oxygen atoms in total. The number of para-hydroxylation sites is 1. The van der Waals surface area contributed by atoms with Crippen LogP contribution in [-0.2, 0) is 11.2 Å². The third kappa shape index (κ3) is 4.31. The molecular weight excluding hydrogens is 388 g/mol. The van der Waals surface area contributed by atoms with Crippen molar-refractivity contribution in [3.63, 3.8) is 0 Å². The molecule has 0 saturated carbocycles. The van der Waals surface area contributed by atoms with Crippen LogP contribution >= 0.6 is 0 Å². The minimum atomic E-state index is -1.02. The van der Waals surface area contributed by atoms with E-state index in [-0.39, 0.29) is 17.4 Å². The van der Waals surface area contributed by atoms with Gasteiger partial charge in [-0.1, -0.05) is 60.7 Å². The van der Waals surface area contributed by atoms with Crippen molar-refractivity contribution in [2.24, 2.45) is 0 Å². The summed E-state index contributed by atoms with van der Waals surface area (Å²) in [5, 5.41) is 14.6. The number of carbonyl (C=O) groups excluding carboxylic acids is 1. The number of benzene rings is 3. The van der Waals surface area contributed by atoms with Crippen LogP contribution in [0.4, 0.5) is 5.69 Å². The zero-order valence-electron chi connectivity index (χ0n) is 17.1. The van der Waals surface area contributed by atoms with Gasteiger partial charge in [0.05, 0.1) is 11.5 Å². The number of aromatic carboxylic acids is 1. The second-order valence-corrected chi connectivity index (χ2v) is 7.45. The Morgan fingerprint density at radius 2 is 1.68 bits per heavy atom. The van der Waals surface area contributed by atoms with Gasteiger partial charge in [-0.2, -0.15) is 0 Å². The average Bonchev–Trinajstić information content (AvgIpc) is 2.79. The molecule has 4 rings (SSSR count). The number of nitrogens with zero attached hydrogens (tertiary/aromatic N) is 1. The summed E-state index contributed by atoms with van der Waals surface area (Å²) in [5.41, 5.74) is 3.29. The van der Waals surface area contributed by atoms with Crippen molar-refractivity contribution in [1.82, 2.24) is 4.98 Å². The summed E-state index contributed by atoms with van der Waals surface area (Å²) in [5.74, 6) is -1.49. The van der Waals surface area contributed by atoms with E-state index in [4.69, 9.17) is 0 Å². The minimum Gasteiger partial charge on any atom is -0.478 e. The van der Waals surface area contributed by atoms with Crippen molar-refractivity contribution < 1.29 is 14.7 Å². The summed E-state index contributed by atoms with van der Waals surface area (Å²) in [4.78, 5) is 28.5. The third-order valence-corrected chi connectivity index (χ3v) is 5.48. The summed E-state index contributed by atoms with van der Waals surface area (Å²) in [6, 6.07) is 23.2. The summed E-state index contributed by atoms with van der Waals surface area (Å²) in [6.45, 7) is 1.89. The van der Waals surface area contributed by atoms with Gasteiger partial charge >= 0.3 is 5.97 Å². The topological polar surface area (TPSA) is 79.3 Å². The molecule has 1 aromatic heterocycles. The Balaban J connectivity index is 1.60. The Morgan fingerprint density at radius 3 is 2.52 bits per heavy atom. The van der Waals surface area contributed by atoms with E-state index in [1.54, 1.807) is 12.3 Å². The highest BCUT2D eigenvalue weighted by Crippen LogP contribution is 2.28. The number of carbonyl (C=O) groups is 2. The van der Waals surface area contributed by atoms with Gasteiger partial charge in [0.1, 0.15) is 0 Å². The van der Waals surface area contributed by atoms with Crippen LogP contribution in [0.25, 0.3) is 10.8 Å². The molecule has 0 fully saturated rings. The lowest BCUT2D eigenvalue weighted by Crippen LogP contribution is -2.20. The highest BCUT2D eigenvalue weighted by molar-refractivity contribution is 5.99. The molecule has 154 valence electrons. The molecule has 0 radical (unpaired) electrons. The summed E-state index contributed by atoms with van der Waals surface area (Å²) in [6.07, 6.45) is 3.30. The van der Waals surface area contributed by atoms with Crippen LogP contribution in [0.5, 0.6) is 0 Å². The fraction of sp³-hybridized carbons (Fsp3) is 0.115. The summed E-state index contributed by atoms with van der Waals surface area (Å²) >= 11 is 0. The van der Waals surface area contributed by atoms with Crippen molar-refractivity contribution >= 4 is 28.3 Å². The highest BCUT2D eigenvalue weighted by atomic mass is 16.4. The normalized spacial score (nSPS) is 11.8. The van der Waals surface area contributed by atoms with Crippen LogP contribution in [0, 0.1) is 0 Å².